The van der Waals surface area contributed by atoms with Gasteiger partial charge in [-0.25, -0.2) is 0 Å². The second-order valence-corrected chi connectivity index (χ2v) is 5.93. The molecule has 0 N–H and O–H groups in total. The summed E-state index contributed by atoms with van der Waals surface area (Å²) in [6, 6.07) is 0. The van der Waals surface area contributed by atoms with Gasteiger partial charge in [-0.2, -0.15) is 0 Å². The molecule has 0 saturated carbocycles. The van der Waals surface area contributed by atoms with Crippen LogP contribution < -0.4 is 0 Å². The van der Waals surface area contributed by atoms with Crippen molar-refractivity contribution in [2.45, 2.75) is 39.2 Å². The Bertz CT molecular complexity index is 415. The third-order valence-corrected chi connectivity index (χ3v) is 2.87. The van der Waals surface area contributed by atoms with Gasteiger partial charge in [0.2, 0.25) is 0 Å². The minimum atomic E-state index is -1.49. The fraction of sp³-hybridized carbons (Fsp3) is 0.600. The highest BCUT2D eigenvalue weighted by Crippen LogP contribution is 2.32. The van der Waals surface area contributed by atoms with Crippen LogP contribution in [0.5, 0.6) is 0 Å². The minimum absolute atomic E-state index is 0.0682. The summed E-state index contributed by atoms with van der Waals surface area (Å²) in [5.41, 5.74) is -2.19. The lowest BCUT2D eigenvalue weighted by Crippen LogP contribution is -2.44. The Kier molecular flexibility index (Phi) is 7.59. The highest BCUT2D eigenvalue weighted by molar-refractivity contribution is 9.09. The van der Waals surface area contributed by atoms with Gasteiger partial charge in [-0.05, 0) is 27.2 Å². The summed E-state index contributed by atoms with van der Waals surface area (Å²) in [5.74, 6) is 1.03. The zero-order valence-corrected chi connectivity index (χ0v) is 14.0. The maximum atomic E-state index is 12.4. The molecular formula is C15H21BrO4. The van der Waals surface area contributed by atoms with E-state index in [9.17, 15) is 9.59 Å². The van der Waals surface area contributed by atoms with Gasteiger partial charge >= 0.3 is 11.9 Å². The van der Waals surface area contributed by atoms with E-state index in [1.165, 1.54) is 7.11 Å². The van der Waals surface area contributed by atoms with Crippen LogP contribution in [0.1, 0.15) is 33.6 Å². The van der Waals surface area contributed by atoms with E-state index in [-0.39, 0.29) is 12.8 Å². The number of hydrogen-bond acceptors (Lipinski definition) is 4. The van der Waals surface area contributed by atoms with Gasteiger partial charge in [0.15, 0.2) is 5.41 Å². The molecule has 5 heteroatoms. The van der Waals surface area contributed by atoms with E-state index in [1.807, 2.05) is 0 Å². The lowest BCUT2D eigenvalue weighted by atomic mass is 9.81. The first-order valence-corrected chi connectivity index (χ1v) is 7.32. The number of hydrogen-bond donors (Lipinski definition) is 0. The minimum Gasteiger partial charge on any atom is -0.468 e. The highest BCUT2D eigenvalue weighted by atomic mass is 79.9. The van der Waals surface area contributed by atoms with E-state index in [4.69, 9.17) is 15.9 Å². The number of methoxy groups -OCH3 is 1. The predicted octanol–water partition coefficient (Wildman–Crippen LogP) is 2.85. The Balaban J connectivity index is 5.49. The molecular weight excluding hydrogens is 324 g/mol. The number of alkyl halides is 1. The fourth-order valence-electron chi connectivity index (χ4n) is 1.56. The molecule has 112 valence electrons. The molecule has 0 aliphatic rings. The molecule has 0 rings (SSSR count). The molecule has 0 saturated heterocycles. The quantitative estimate of drug-likeness (QED) is 0.244. The monoisotopic (exact) mass is 344 g/mol. The van der Waals surface area contributed by atoms with E-state index >= 15 is 0 Å². The van der Waals surface area contributed by atoms with Gasteiger partial charge in [0.25, 0.3) is 0 Å². The molecule has 0 spiro atoms. The molecule has 4 nitrogen and oxygen atoms in total. The summed E-state index contributed by atoms with van der Waals surface area (Å²) >= 11 is 3.24. The maximum absolute atomic E-state index is 12.4. The van der Waals surface area contributed by atoms with E-state index in [0.29, 0.717) is 5.33 Å². The van der Waals surface area contributed by atoms with E-state index in [2.05, 4.69) is 21.9 Å². The molecule has 0 amide bonds. The number of carbonyl (C=O) groups excluding carboxylic acids is 2. The van der Waals surface area contributed by atoms with Gasteiger partial charge in [-0.15, -0.1) is 12.3 Å². The SMILES string of the molecule is C#CCC(C/C=C/CBr)(C(=O)OC)C(=O)OC(C)(C)C. The van der Waals surface area contributed by atoms with Crippen molar-refractivity contribution in [1.29, 1.82) is 0 Å². The van der Waals surface area contributed by atoms with E-state index in [0.717, 1.165) is 0 Å². The van der Waals surface area contributed by atoms with Crippen molar-refractivity contribution in [3.8, 4) is 12.3 Å². The molecule has 0 radical (unpaired) electrons. The summed E-state index contributed by atoms with van der Waals surface area (Å²) < 4.78 is 10.1. The zero-order chi connectivity index (χ0) is 15.8. The van der Waals surface area contributed by atoms with Crippen LogP contribution in [0.25, 0.3) is 0 Å². The van der Waals surface area contributed by atoms with Crippen molar-refractivity contribution in [3.05, 3.63) is 12.2 Å². The van der Waals surface area contributed by atoms with Gasteiger partial charge in [0.05, 0.1) is 7.11 Å². The van der Waals surface area contributed by atoms with Crippen LogP contribution in [0.4, 0.5) is 0 Å². The molecule has 1 unspecified atom stereocenters. The van der Waals surface area contributed by atoms with Gasteiger partial charge in [0.1, 0.15) is 5.60 Å². The first-order valence-electron chi connectivity index (χ1n) is 6.20. The van der Waals surface area contributed by atoms with Crippen LogP contribution in [0.15, 0.2) is 12.2 Å². The average molecular weight is 345 g/mol. The average Bonchev–Trinajstić information content (AvgIpc) is 2.34. The summed E-state index contributed by atoms with van der Waals surface area (Å²) in [6.45, 7) is 5.20. The second-order valence-electron chi connectivity index (χ2n) is 5.29. The zero-order valence-electron chi connectivity index (χ0n) is 12.4. The number of terminal acetylenes is 1. The van der Waals surface area contributed by atoms with Crippen LogP contribution in [0.3, 0.4) is 0 Å². The second kappa shape index (κ2) is 8.11. The summed E-state index contributed by atoms with van der Waals surface area (Å²) in [7, 11) is 1.23. The van der Waals surface area contributed by atoms with Crippen molar-refractivity contribution >= 4 is 27.9 Å². The smallest absolute Gasteiger partial charge is 0.325 e. The molecule has 0 bridgehead atoms. The molecule has 20 heavy (non-hydrogen) atoms. The van der Waals surface area contributed by atoms with Crippen LogP contribution in [-0.2, 0) is 19.1 Å². The topological polar surface area (TPSA) is 52.6 Å². The molecule has 0 aliphatic carbocycles. The van der Waals surface area contributed by atoms with Gasteiger partial charge in [-0.3, -0.25) is 9.59 Å². The lowest BCUT2D eigenvalue weighted by molar-refractivity contribution is -0.177. The molecule has 0 aromatic carbocycles. The summed E-state index contributed by atoms with van der Waals surface area (Å²) in [4.78, 5) is 24.5. The fourth-order valence-corrected chi connectivity index (χ4v) is 1.82. The molecule has 0 aromatic heterocycles. The van der Waals surface area contributed by atoms with Gasteiger partial charge in [-0.1, -0.05) is 28.1 Å². The Labute approximate surface area is 129 Å². The lowest BCUT2D eigenvalue weighted by Gasteiger charge is -2.30. The standard InChI is InChI=1S/C15H21BrO4/c1-6-9-15(12(17)19-5,10-7-8-11-16)13(18)20-14(2,3)4/h1,7-8H,9-11H2,2-5H3/b8-7+. The van der Waals surface area contributed by atoms with Gasteiger partial charge in [0, 0.05) is 11.8 Å². The number of allylic oxidation sites excluding steroid dienone is 2. The molecule has 0 heterocycles. The summed E-state index contributed by atoms with van der Waals surface area (Å²) in [6.07, 6.45) is 8.89. The largest absolute Gasteiger partial charge is 0.468 e. The summed E-state index contributed by atoms with van der Waals surface area (Å²) in [5, 5.41) is 0.620. The number of ether oxygens (including phenoxy) is 2. The third-order valence-electron chi connectivity index (χ3n) is 2.49. The highest BCUT2D eigenvalue weighted by Gasteiger charge is 2.48. The van der Waals surface area contributed by atoms with Crippen LogP contribution in [0.2, 0.25) is 0 Å². The Morgan fingerprint density at radius 3 is 2.25 bits per heavy atom. The van der Waals surface area contributed by atoms with Crippen molar-refractivity contribution < 1.29 is 19.1 Å². The number of halogens is 1. The van der Waals surface area contributed by atoms with Gasteiger partial charge < -0.3 is 9.47 Å². The number of rotatable bonds is 6. The van der Waals surface area contributed by atoms with Crippen LogP contribution >= 0.6 is 15.9 Å². The van der Waals surface area contributed by atoms with Crippen molar-refractivity contribution in [2.24, 2.45) is 5.41 Å². The third kappa shape index (κ3) is 5.38. The number of carbonyl (C=O) groups is 2. The Morgan fingerprint density at radius 1 is 1.25 bits per heavy atom. The van der Waals surface area contributed by atoms with Crippen molar-refractivity contribution in [3.63, 3.8) is 0 Å². The van der Waals surface area contributed by atoms with Crippen molar-refractivity contribution in [2.75, 3.05) is 12.4 Å². The Hall–Kier alpha value is -1.28. The van der Waals surface area contributed by atoms with Crippen molar-refractivity contribution in [1.82, 2.24) is 0 Å². The van der Waals surface area contributed by atoms with E-state index in [1.54, 1.807) is 32.9 Å². The van der Waals surface area contributed by atoms with Crippen LogP contribution in [0, 0.1) is 17.8 Å². The molecule has 0 aromatic rings. The molecule has 1 atom stereocenters. The normalized spacial score (nSPS) is 14.4. The molecule has 0 aliphatic heterocycles. The Morgan fingerprint density at radius 2 is 1.85 bits per heavy atom. The number of esters is 2. The first-order chi connectivity index (χ1) is 9.23. The maximum Gasteiger partial charge on any atom is 0.325 e. The van der Waals surface area contributed by atoms with Crippen LogP contribution in [-0.4, -0.2) is 30.0 Å². The molecule has 0 fully saturated rings. The predicted molar refractivity (Wildman–Crippen MR) is 81.3 cm³/mol. The first kappa shape index (κ1) is 18.7. The van der Waals surface area contributed by atoms with E-state index < -0.39 is 23.0 Å².